The van der Waals surface area contributed by atoms with Gasteiger partial charge in [0.1, 0.15) is 6.61 Å². The predicted octanol–water partition coefficient (Wildman–Crippen LogP) is 1.45. The normalized spacial score (nSPS) is 28.9. The Balaban J connectivity index is 2.41. The van der Waals surface area contributed by atoms with Crippen LogP contribution in [0.15, 0.2) is 0 Å². The summed E-state index contributed by atoms with van der Waals surface area (Å²) in [6.45, 7) is 9.53. The summed E-state index contributed by atoms with van der Waals surface area (Å²) >= 11 is 0. The Bertz CT molecular complexity index is 258. The van der Waals surface area contributed by atoms with Crippen LogP contribution in [0.1, 0.15) is 34.6 Å². The van der Waals surface area contributed by atoms with E-state index in [1.165, 1.54) is 0 Å². The lowest BCUT2D eigenvalue weighted by Crippen LogP contribution is -2.35. The molecular weight excluding hydrogens is 212 g/mol. The van der Waals surface area contributed by atoms with Crippen molar-refractivity contribution in [2.75, 3.05) is 13.2 Å². The van der Waals surface area contributed by atoms with Gasteiger partial charge in [0.05, 0.1) is 18.3 Å². The highest BCUT2D eigenvalue weighted by Gasteiger charge is 2.62. The van der Waals surface area contributed by atoms with Crippen molar-refractivity contribution in [3.05, 3.63) is 0 Å². The van der Waals surface area contributed by atoms with Crippen molar-refractivity contribution >= 4 is 5.97 Å². The van der Waals surface area contributed by atoms with E-state index in [-0.39, 0.29) is 18.7 Å². The zero-order chi connectivity index (χ0) is 12.4. The topological polar surface area (TPSA) is 57.3 Å². The monoisotopic (exact) mass is 232 g/mol. The smallest absolute Gasteiger partial charge is 0.343 e. The maximum absolute atomic E-state index is 11.6. The standard InChI is InChI=1S/C11H20O5/c1-6-13-9(12)11(8(2)15-11)7-14-16-10(3,4)5/h8H,6-7H2,1-5H3. The highest BCUT2D eigenvalue weighted by molar-refractivity contribution is 5.83. The Hall–Kier alpha value is -0.650. The molecule has 94 valence electrons. The summed E-state index contributed by atoms with van der Waals surface area (Å²) in [5.74, 6) is -0.389. The van der Waals surface area contributed by atoms with Crippen molar-refractivity contribution in [3.8, 4) is 0 Å². The van der Waals surface area contributed by atoms with Crippen LogP contribution in [0.4, 0.5) is 0 Å². The summed E-state index contributed by atoms with van der Waals surface area (Å²) in [6.07, 6.45) is -0.185. The molecule has 1 saturated heterocycles. The fraction of sp³-hybridized carbons (Fsp3) is 0.909. The fourth-order valence-corrected chi connectivity index (χ4v) is 1.25. The van der Waals surface area contributed by atoms with E-state index in [0.29, 0.717) is 6.61 Å². The van der Waals surface area contributed by atoms with Gasteiger partial charge < -0.3 is 9.47 Å². The van der Waals surface area contributed by atoms with Crippen LogP contribution in [-0.2, 0) is 24.0 Å². The summed E-state index contributed by atoms with van der Waals surface area (Å²) in [5, 5.41) is 0. The Morgan fingerprint density at radius 1 is 1.44 bits per heavy atom. The lowest BCUT2D eigenvalue weighted by atomic mass is 10.1. The van der Waals surface area contributed by atoms with E-state index >= 15 is 0 Å². The molecule has 1 aliphatic heterocycles. The third kappa shape index (κ3) is 3.17. The quantitative estimate of drug-likeness (QED) is 0.311. The molecule has 1 rings (SSSR count). The molecule has 0 saturated carbocycles. The van der Waals surface area contributed by atoms with Gasteiger partial charge in [0.2, 0.25) is 5.60 Å². The number of carbonyl (C=O) groups excluding carboxylic acids is 1. The number of epoxide rings is 1. The lowest BCUT2D eigenvalue weighted by Gasteiger charge is -2.19. The average Bonchev–Trinajstić information content (AvgIpc) is 2.76. The molecule has 0 spiro atoms. The molecule has 2 unspecified atom stereocenters. The maximum atomic E-state index is 11.6. The van der Waals surface area contributed by atoms with Crippen LogP contribution in [0.2, 0.25) is 0 Å². The minimum atomic E-state index is -0.971. The van der Waals surface area contributed by atoms with Crippen molar-refractivity contribution in [3.63, 3.8) is 0 Å². The lowest BCUT2D eigenvalue weighted by molar-refractivity contribution is -0.353. The van der Waals surface area contributed by atoms with Gasteiger partial charge in [0, 0.05) is 0 Å². The SMILES string of the molecule is CCOC(=O)C1(COOC(C)(C)C)OC1C. The molecule has 16 heavy (non-hydrogen) atoms. The van der Waals surface area contributed by atoms with Crippen molar-refractivity contribution in [1.82, 2.24) is 0 Å². The number of esters is 1. The number of hydrogen-bond donors (Lipinski definition) is 0. The molecular formula is C11H20O5. The van der Waals surface area contributed by atoms with Crippen LogP contribution in [0.5, 0.6) is 0 Å². The van der Waals surface area contributed by atoms with Gasteiger partial charge in [-0.05, 0) is 34.6 Å². The molecule has 1 aliphatic rings. The molecule has 1 heterocycles. The fourth-order valence-electron chi connectivity index (χ4n) is 1.25. The zero-order valence-electron chi connectivity index (χ0n) is 10.5. The summed E-state index contributed by atoms with van der Waals surface area (Å²) in [5.41, 5.74) is -1.38. The Kier molecular flexibility index (Phi) is 3.93. The number of ether oxygens (including phenoxy) is 2. The first-order chi connectivity index (χ1) is 7.32. The van der Waals surface area contributed by atoms with Crippen LogP contribution < -0.4 is 0 Å². The van der Waals surface area contributed by atoms with E-state index in [0.717, 1.165) is 0 Å². The van der Waals surface area contributed by atoms with Crippen LogP contribution in [-0.4, -0.2) is 36.5 Å². The molecule has 5 nitrogen and oxygen atoms in total. The molecule has 0 N–H and O–H groups in total. The summed E-state index contributed by atoms with van der Waals surface area (Å²) in [7, 11) is 0. The van der Waals surface area contributed by atoms with E-state index in [4.69, 9.17) is 19.2 Å². The van der Waals surface area contributed by atoms with Gasteiger partial charge in [-0.1, -0.05) is 0 Å². The molecule has 5 heteroatoms. The second-order valence-electron chi connectivity index (χ2n) is 4.83. The minimum absolute atomic E-state index is 0.0598. The van der Waals surface area contributed by atoms with Gasteiger partial charge in [0.25, 0.3) is 0 Å². The highest BCUT2D eigenvalue weighted by Crippen LogP contribution is 2.38. The van der Waals surface area contributed by atoms with Crippen LogP contribution in [0.25, 0.3) is 0 Å². The van der Waals surface area contributed by atoms with Gasteiger partial charge in [-0.2, -0.15) is 0 Å². The summed E-state index contributed by atoms with van der Waals surface area (Å²) in [4.78, 5) is 21.7. The molecule has 0 aromatic heterocycles. The van der Waals surface area contributed by atoms with Crippen LogP contribution >= 0.6 is 0 Å². The third-order valence-electron chi connectivity index (χ3n) is 2.19. The number of rotatable bonds is 5. The Morgan fingerprint density at radius 2 is 2.00 bits per heavy atom. The van der Waals surface area contributed by atoms with Crippen molar-refractivity contribution < 1.29 is 24.0 Å². The van der Waals surface area contributed by atoms with Crippen molar-refractivity contribution in [2.45, 2.75) is 51.9 Å². The molecule has 0 aromatic rings. The highest BCUT2D eigenvalue weighted by atomic mass is 17.2. The zero-order valence-corrected chi connectivity index (χ0v) is 10.5. The molecule has 0 amide bonds. The van der Waals surface area contributed by atoms with Gasteiger partial charge in [-0.15, -0.1) is 0 Å². The second kappa shape index (κ2) is 4.69. The molecule has 0 aromatic carbocycles. The first-order valence-electron chi connectivity index (χ1n) is 5.47. The molecule has 1 fully saturated rings. The van der Waals surface area contributed by atoms with E-state index < -0.39 is 11.2 Å². The van der Waals surface area contributed by atoms with Gasteiger partial charge in [-0.25, -0.2) is 14.6 Å². The van der Waals surface area contributed by atoms with Gasteiger partial charge in [0.15, 0.2) is 0 Å². The minimum Gasteiger partial charge on any atom is -0.464 e. The summed E-state index contributed by atoms with van der Waals surface area (Å²) in [6, 6.07) is 0. The van der Waals surface area contributed by atoms with Crippen molar-refractivity contribution in [2.24, 2.45) is 0 Å². The first kappa shape index (κ1) is 13.4. The average molecular weight is 232 g/mol. The second-order valence-corrected chi connectivity index (χ2v) is 4.83. The number of carbonyl (C=O) groups is 1. The first-order valence-corrected chi connectivity index (χ1v) is 5.47. The van der Waals surface area contributed by atoms with Crippen LogP contribution in [0, 0.1) is 0 Å². The maximum Gasteiger partial charge on any atom is 0.343 e. The van der Waals surface area contributed by atoms with E-state index in [1.807, 2.05) is 20.8 Å². The summed E-state index contributed by atoms with van der Waals surface area (Å²) < 4.78 is 10.2. The molecule has 0 aliphatic carbocycles. The molecule has 0 bridgehead atoms. The van der Waals surface area contributed by atoms with Gasteiger partial charge >= 0.3 is 5.97 Å². The van der Waals surface area contributed by atoms with Gasteiger partial charge in [-0.3, -0.25) is 0 Å². The third-order valence-corrected chi connectivity index (χ3v) is 2.19. The Morgan fingerprint density at radius 3 is 2.38 bits per heavy atom. The molecule has 2 atom stereocenters. The largest absolute Gasteiger partial charge is 0.464 e. The van der Waals surface area contributed by atoms with Crippen molar-refractivity contribution in [1.29, 1.82) is 0 Å². The number of hydrogen-bond acceptors (Lipinski definition) is 5. The van der Waals surface area contributed by atoms with E-state index in [2.05, 4.69) is 0 Å². The predicted molar refractivity (Wildman–Crippen MR) is 56.7 cm³/mol. The van der Waals surface area contributed by atoms with E-state index in [1.54, 1.807) is 13.8 Å². The Labute approximate surface area is 95.9 Å². The van der Waals surface area contributed by atoms with E-state index in [9.17, 15) is 4.79 Å². The van der Waals surface area contributed by atoms with Crippen LogP contribution in [0.3, 0.4) is 0 Å². The molecule has 0 radical (unpaired) electrons.